The molecule has 0 bridgehead atoms. The summed E-state index contributed by atoms with van der Waals surface area (Å²) in [6, 6.07) is 18.4. The monoisotopic (exact) mass is 377 g/mol. The van der Waals surface area contributed by atoms with Crippen molar-refractivity contribution in [3.63, 3.8) is 0 Å². The summed E-state index contributed by atoms with van der Waals surface area (Å²) in [5.74, 6) is -0.809. The Hall–Kier alpha value is -3.41. The van der Waals surface area contributed by atoms with Crippen molar-refractivity contribution in [2.45, 2.75) is 25.8 Å². The van der Waals surface area contributed by atoms with Crippen LogP contribution in [0.1, 0.15) is 30.1 Å². The van der Waals surface area contributed by atoms with E-state index in [4.69, 9.17) is 4.74 Å². The molecule has 0 spiro atoms. The quantitative estimate of drug-likeness (QED) is 0.639. The van der Waals surface area contributed by atoms with Crippen LogP contribution < -0.4 is 5.32 Å². The van der Waals surface area contributed by atoms with Crippen molar-refractivity contribution >= 4 is 11.9 Å². The van der Waals surface area contributed by atoms with Crippen LogP contribution in [0.2, 0.25) is 0 Å². The molecule has 0 unspecified atom stereocenters. The van der Waals surface area contributed by atoms with E-state index < -0.39 is 12.0 Å². The van der Waals surface area contributed by atoms with Gasteiger partial charge in [0, 0.05) is 11.8 Å². The van der Waals surface area contributed by atoms with Gasteiger partial charge in [0.2, 0.25) is 0 Å². The standard InChI is InChI=1S/C22H23N3O3/c1-3-10-19(22(27)28-2)23-21(26)18-15-25(17-13-8-5-9-14-17)24-20(18)16-11-6-4-7-12-16/h4-9,11-15,19H,3,10H2,1-2H3,(H,23,26)/t19-/m1/s1. The third-order valence-corrected chi connectivity index (χ3v) is 4.40. The zero-order valence-corrected chi connectivity index (χ0v) is 16.0. The average Bonchev–Trinajstić information content (AvgIpc) is 3.20. The summed E-state index contributed by atoms with van der Waals surface area (Å²) in [6.45, 7) is 1.95. The molecule has 3 aromatic rings. The molecule has 28 heavy (non-hydrogen) atoms. The molecular formula is C22H23N3O3. The number of nitrogens with zero attached hydrogens (tertiary/aromatic N) is 2. The third-order valence-electron chi connectivity index (χ3n) is 4.40. The fourth-order valence-corrected chi connectivity index (χ4v) is 2.98. The first-order valence-corrected chi connectivity index (χ1v) is 9.23. The Labute approximate surface area is 164 Å². The van der Waals surface area contributed by atoms with Gasteiger partial charge in [0.25, 0.3) is 5.91 Å². The van der Waals surface area contributed by atoms with E-state index in [1.165, 1.54) is 7.11 Å². The second-order valence-corrected chi connectivity index (χ2v) is 6.38. The van der Waals surface area contributed by atoms with E-state index in [0.717, 1.165) is 17.7 Å². The number of rotatable bonds is 7. The molecule has 0 fully saturated rings. The van der Waals surface area contributed by atoms with E-state index in [1.54, 1.807) is 10.9 Å². The van der Waals surface area contributed by atoms with Crippen LogP contribution in [0, 0.1) is 0 Å². The van der Waals surface area contributed by atoms with Crippen molar-refractivity contribution in [1.29, 1.82) is 0 Å². The van der Waals surface area contributed by atoms with Crippen molar-refractivity contribution in [2.24, 2.45) is 0 Å². The Kier molecular flexibility index (Phi) is 6.22. The summed E-state index contributed by atoms with van der Waals surface area (Å²) in [7, 11) is 1.32. The van der Waals surface area contributed by atoms with Crippen molar-refractivity contribution in [1.82, 2.24) is 15.1 Å². The van der Waals surface area contributed by atoms with Gasteiger partial charge in [-0.2, -0.15) is 5.10 Å². The van der Waals surface area contributed by atoms with Gasteiger partial charge in [-0.15, -0.1) is 0 Å². The van der Waals surface area contributed by atoms with Crippen LogP contribution in [-0.4, -0.2) is 34.8 Å². The lowest BCUT2D eigenvalue weighted by atomic mass is 10.1. The number of aromatic nitrogens is 2. The third kappa shape index (κ3) is 4.28. The van der Waals surface area contributed by atoms with Gasteiger partial charge in [0.1, 0.15) is 11.7 Å². The van der Waals surface area contributed by atoms with Gasteiger partial charge in [-0.05, 0) is 18.6 Å². The minimum absolute atomic E-state index is 0.357. The lowest BCUT2D eigenvalue weighted by Crippen LogP contribution is -2.41. The molecule has 2 aromatic carbocycles. The summed E-state index contributed by atoms with van der Waals surface area (Å²) in [5, 5.41) is 7.42. The normalized spacial score (nSPS) is 11.6. The summed E-state index contributed by atoms with van der Waals surface area (Å²) in [4.78, 5) is 25.0. The van der Waals surface area contributed by atoms with Gasteiger partial charge in [0.05, 0.1) is 18.4 Å². The molecule has 0 saturated carbocycles. The number of methoxy groups -OCH3 is 1. The minimum atomic E-state index is -0.689. The maximum absolute atomic E-state index is 13.0. The first kappa shape index (κ1) is 19.4. The molecule has 0 saturated heterocycles. The molecule has 3 rings (SSSR count). The molecule has 1 heterocycles. The second-order valence-electron chi connectivity index (χ2n) is 6.38. The van der Waals surface area contributed by atoms with E-state index >= 15 is 0 Å². The topological polar surface area (TPSA) is 73.2 Å². The summed E-state index contributed by atoms with van der Waals surface area (Å²) in [6.07, 6.45) is 2.94. The predicted octanol–water partition coefficient (Wildman–Crippen LogP) is 3.61. The number of carbonyl (C=O) groups is 2. The van der Waals surface area contributed by atoms with Gasteiger partial charge in [-0.25, -0.2) is 9.48 Å². The Morgan fingerprint density at radius 2 is 1.71 bits per heavy atom. The van der Waals surface area contributed by atoms with Gasteiger partial charge in [-0.1, -0.05) is 61.9 Å². The molecular weight excluding hydrogens is 354 g/mol. The number of amides is 1. The molecule has 0 radical (unpaired) electrons. The first-order valence-electron chi connectivity index (χ1n) is 9.23. The number of esters is 1. The Balaban J connectivity index is 1.99. The molecule has 1 amide bonds. The maximum atomic E-state index is 13.0. The zero-order valence-electron chi connectivity index (χ0n) is 16.0. The van der Waals surface area contributed by atoms with Crippen LogP contribution in [0.5, 0.6) is 0 Å². The van der Waals surface area contributed by atoms with Gasteiger partial charge in [-0.3, -0.25) is 4.79 Å². The van der Waals surface area contributed by atoms with E-state index in [-0.39, 0.29) is 5.91 Å². The molecule has 6 nitrogen and oxygen atoms in total. The Bertz CT molecular complexity index is 936. The Morgan fingerprint density at radius 3 is 2.32 bits per heavy atom. The summed E-state index contributed by atoms with van der Waals surface area (Å²) in [5.41, 5.74) is 2.63. The van der Waals surface area contributed by atoms with Crippen LogP contribution in [0.4, 0.5) is 0 Å². The van der Waals surface area contributed by atoms with Gasteiger partial charge in [0.15, 0.2) is 0 Å². The highest BCUT2D eigenvalue weighted by Gasteiger charge is 2.25. The molecule has 1 N–H and O–H groups in total. The number of ether oxygens (including phenoxy) is 1. The number of hydrogen-bond donors (Lipinski definition) is 1. The zero-order chi connectivity index (χ0) is 19.9. The largest absolute Gasteiger partial charge is 0.467 e. The van der Waals surface area contributed by atoms with E-state index in [0.29, 0.717) is 17.7 Å². The van der Waals surface area contributed by atoms with Crippen LogP contribution in [0.25, 0.3) is 16.9 Å². The number of benzene rings is 2. The summed E-state index contributed by atoms with van der Waals surface area (Å²) < 4.78 is 6.49. The molecule has 1 aromatic heterocycles. The highest BCUT2D eigenvalue weighted by atomic mass is 16.5. The lowest BCUT2D eigenvalue weighted by molar-refractivity contribution is -0.143. The van der Waals surface area contributed by atoms with Crippen LogP contribution >= 0.6 is 0 Å². The maximum Gasteiger partial charge on any atom is 0.328 e. The molecule has 0 aliphatic heterocycles. The van der Waals surface area contributed by atoms with E-state index in [9.17, 15) is 9.59 Å². The highest BCUT2D eigenvalue weighted by Crippen LogP contribution is 2.24. The van der Waals surface area contributed by atoms with Crippen LogP contribution in [-0.2, 0) is 9.53 Å². The fourth-order valence-electron chi connectivity index (χ4n) is 2.98. The second kappa shape index (κ2) is 8.99. The van der Waals surface area contributed by atoms with Gasteiger partial charge < -0.3 is 10.1 Å². The van der Waals surface area contributed by atoms with Gasteiger partial charge >= 0.3 is 5.97 Å². The van der Waals surface area contributed by atoms with Crippen LogP contribution in [0.15, 0.2) is 66.9 Å². The van der Waals surface area contributed by atoms with Crippen LogP contribution in [0.3, 0.4) is 0 Å². The molecule has 144 valence electrons. The summed E-state index contributed by atoms with van der Waals surface area (Å²) >= 11 is 0. The minimum Gasteiger partial charge on any atom is -0.467 e. The highest BCUT2D eigenvalue weighted by molar-refractivity contribution is 6.01. The van der Waals surface area contributed by atoms with Crippen molar-refractivity contribution in [3.8, 4) is 16.9 Å². The average molecular weight is 377 g/mol. The Morgan fingerprint density at radius 1 is 1.07 bits per heavy atom. The molecule has 6 heteroatoms. The van der Waals surface area contributed by atoms with Crippen molar-refractivity contribution < 1.29 is 14.3 Å². The molecule has 0 aliphatic carbocycles. The first-order chi connectivity index (χ1) is 13.6. The molecule has 0 aliphatic rings. The van der Waals surface area contributed by atoms with E-state index in [1.807, 2.05) is 67.6 Å². The number of nitrogens with one attached hydrogen (secondary N) is 1. The van der Waals surface area contributed by atoms with Crippen molar-refractivity contribution in [3.05, 3.63) is 72.4 Å². The number of para-hydroxylation sites is 1. The fraction of sp³-hybridized carbons (Fsp3) is 0.227. The predicted molar refractivity (Wildman–Crippen MR) is 107 cm³/mol. The molecule has 1 atom stereocenters. The van der Waals surface area contributed by atoms with E-state index in [2.05, 4.69) is 10.4 Å². The number of hydrogen-bond acceptors (Lipinski definition) is 4. The van der Waals surface area contributed by atoms with Crippen molar-refractivity contribution in [2.75, 3.05) is 7.11 Å². The number of carbonyl (C=O) groups excluding carboxylic acids is 2. The SMILES string of the molecule is CCC[C@@H](NC(=O)c1cn(-c2ccccc2)nc1-c1ccccc1)C(=O)OC. The smallest absolute Gasteiger partial charge is 0.328 e. The lowest BCUT2D eigenvalue weighted by Gasteiger charge is -2.15.